The van der Waals surface area contributed by atoms with Gasteiger partial charge in [0, 0.05) is 32.1 Å². The average molecular weight is 424 g/mol. The number of hydrogen-bond donors (Lipinski definition) is 2. The fourth-order valence-corrected chi connectivity index (χ4v) is 3.71. The number of aromatic carboxylic acids is 1. The molecule has 0 saturated heterocycles. The smallest absolute Gasteiger partial charge is 0.335 e. The number of ketones is 2. The molecule has 0 saturated carbocycles. The minimum Gasteiger partial charge on any atom is -0.478 e. The monoisotopic (exact) mass is 424 g/mol. The van der Waals surface area contributed by atoms with E-state index in [2.05, 4.69) is 5.32 Å². The number of halogens is 1. The normalized spacial score (nSPS) is 13.1. The van der Waals surface area contributed by atoms with E-state index in [0.29, 0.717) is 35.3 Å². The summed E-state index contributed by atoms with van der Waals surface area (Å²) in [7, 11) is 5.47. The van der Waals surface area contributed by atoms with Crippen LogP contribution in [0.25, 0.3) is 6.08 Å². The zero-order valence-corrected chi connectivity index (χ0v) is 17.8. The standard InChI is InChI=1S/C24H25FN2O4/c1-26-21-12-18(25)9-17-10-20(23(29)13-19(17)21)22(28)11-14-4-5-16(24(30)31)8-15(14)6-7-27(2)3/h4-5,8-10,12,26H,6-7,11,13H2,1-3H3,(H,30,31). The topological polar surface area (TPSA) is 86.7 Å². The van der Waals surface area contributed by atoms with E-state index in [4.69, 9.17) is 0 Å². The molecule has 1 aliphatic carbocycles. The number of anilines is 1. The van der Waals surface area contributed by atoms with Gasteiger partial charge in [-0.05, 0) is 73.1 Å². The van der Waals surface area contributed by atoms with Crippen molar-refractivity contribution in [3.63, 3.8) is 0 Å². The predicted molar refractivity (Wildman–Crippen MR) is 117 cm³/mol. The molecule has 0 unspecified atom stereocenters. The quantitative estimate of drug-likeness (QED) is 0.634. The van der Waals surface area contributed by atoms with Crippen LogP contribution in [0, 0.1) is 5.82 Å². The van der Waals surface area contributed by atoms with Crippen molar-refractivity contribution in [1.82, 2.24) is 4.90 Å². The van der Waals surface area contributed by atoms with Crippen LogP contribution in [0.4, 0.5) is 10.1 Å². The molecule has 0 bridgehead atoms. The second-order valence-electron chi connectivity index (χ2n) is 7.87. The second-order valence-corrected chi connectivity index (χ2v) is 7.87. The fraction of sp³-hybridized carbons (Fsp3) is 0.292. The Morgan fingerprint density at radius 2 is 1.90 bits per heavy atom. The Balaban J connectivity index is 1.93. The maximum atomic E-state index is 13.9. The van der Waals surface area contributed by atoms with E-state index in [1.165, 1.54) is 24.3 Å². The van der Waals surface area contributed by atoms with Crippen molar-refractivity contribution in [2.45, 2.75) is 19.3 Å². The molecule has 0 atom stereocenters. The number of carbonyl (C=O) groups excluding carboxylic acids is 2. The molecule has 0 aromatic heterocycles. The molecule has 0 amide bonds. The third kappa shape index (κ3) is 5.06. The highest BCUT2D eigenvalue weighted by atomic mass is 19.1. The molecule has 2 aromatic rings. The molecule has 2 N–H and O–H groups in total. The van der Waals surface area contributed by atoms with Crippen molar-refractivity contribution in [3.05, 3.63) is 69.5 Å². The van der Waals surface area contributed by atoms with Gasteiger partial charge in [0.2, 0.25) is 0 Å². The van der Waals surface area contributed by atoms with E-state index >= 15 is 0 Å². The summed E-state index contributed by atoms with van der Waals surface area (Å²) in [6, 6.07) is 7.32. The summed E-state index contributed by atoms with van der Waals surface area (Å²) in [5.74, 6) is -2.15. The average Bonchev–Trinajstić information content (AvgIpc) is 2.71. The summed E-state index contributed by atoms with van der Waals surface area (Å²) in [6.45, 7) is 0.686. The van der Waals surface area contributed by atoms with Gasteiger partial charge in [0.15, 0.2) is 11.6 Å². The van der Waals surface area contributed by atoms with Gasteiger partial charge in [-0.25, -0.2) is 9.18 Å². The molecular formula is C24H25FN2O4. The first-order chi connectivity index (χ1) is 14.7. The van der Waals surface area contributed by atoms with E-state index in [-0.39, 0.29) is 35.5 Å². The minimum atomic E-state index is -1.03. The van der Waals surface area contributed by atoms with E-state index in [1.807, 2.05) is 19.0 Å². The summed E-state index contributed by atoms with van der Waals surface area (Å²) in [6.07, 6.45) is 2.03. The zero-order chi connectivity index (χ0) is 22.7. The number of carboxylic acid groups (broad SMARTS) is 1. The van der Waals surface area contributed by atoms with Gasteiger partial charge in [0.05, 0.1) is 11.1 Å². The molecule has 31 heavy (non-hydrogen) atoms. The number of carbonyl (C=O) groups is 3. The Morgan fingerprint density at radius 3 is 2.55 bits per heavy atom. The number of nitrogens with zero attached hydrogens (tertiary/aromatic N) is 1. The zero-order valence-electron chi connectivity index (χ0n) is 17.8. The van der Waals surface area contributed by atoms with Gasteiger partial charge in [-0.2, -0.15) is 0 Å². The van der Waals surface area contributed by atoms with Gasteiger partial charge in [0.25, 0.3) is 0 Å². The molecule has 6 nitrogen and oxygen atoms in total. The number of allylic oxidation sites excluding steroid dienone is 1. The van der Waals surface area contributed by atoms with Crippen LogP contribution in [-0.2, 0) is 28.9 Å². The van der Waals surface area contributed by atoms with E-state index in [1.54, 1.807) is 19.2 Å². The molecule has 3 rings (SSSR count). The Morgan fingerprint density at radius 1 is 1.16 bits per heavy atom. The SMILES string of the molecule is CNc1cc(F)cc2c1CC(=O)C(C(=O)Cc1ccc(C(=O)O)cc1CCN(C)C)=C2. The van der Waals surface area contributed by atoms with Gasteiger partial charge < -0.3 is 15.3 Å². The minimum absolute atomic E-state index is 0.0226. The molecule has 0 radical (unpaired) electrons. The summed E-state index contributed by atoms with van der Waals surface area (Å²) in [5, 5.41) is 12.2. The van der Waals surface area contributed by atoms with Crippen molar-refractivity contribution in [2.24, 2.45) is 0 Å². The van der Waals surface area contributed by atoms with Crippen molar-refractivity contribution < 1.29 is 23.9 Å². The van der Waals surface area contributed by atoms with Gasteiger partial charge >= 0.3 is 5.97 Å². The largest absolute Gasteiger partial charge is 0.478 e. The number of rotatable bonds is 8. The Labute approximate surface area is 180 Å². The first-order valence-corrected chi connectivity index (χ1v) is 9.97. The molecule has 0 aliphatic heterocycles. The molecule has 0 spiro atoms. The molecule has 2 aromatic carbocycles. The lowest BCUT2D eigenvalue weighted by atomic mass is 9.86. The van der Waals surface area contributed by atoms with Crippen molar-refractivity contribution in [3.8, 4) is 0 Å². The molecule has 1 aliphatic rings. The summed E-state index contributed by atoms with van der Waals surface area (Å²) >= 11 is 0. The van der Waals surface area contributed by atoms with Crippen molar-refractivity contribution in [1.29, 1.82) is 0 Å². The molecular weight excluding hydrogens is 399 g/mol. The molecule has 0 heterocycles. The number of likely N-dealkylation sites (N-methyl/N-ethyl adjacent to an activating group) is 1. The van der Waals surface area contributed by atoms with Crippen LogP contribution in [0.3, 0.4) is 0 Å². The van der Waals surface area contributed by atoms with Gasteiger partial charge in [-0.3, -0.25) is 9.59 Å². The first kappa shape index (κ1) is 22.4. The van der Waals surface area contributed by atoms with Crippen molar-refractivity contribution >= 4 is 29.3 Å². The number of benzene rings is 2. The lowest BCUT2D eigenvalue weighted by Crippen LogP contribution is -2.22. The Hall–Kier alpha value is -3.32. The van der Waals surface area contributed by atoms with Crippen LogP contribution in [0.1, 0.15) is 32.6 Å². The molecule has 0 fully saturated rings. The predicted octanol–water partition coefficient (Wildman–Crippen LogP) is 2.99. The summed E-state index contributed by atoms with van der Waals surface area (Å²) < 4.78 is 13.9. The molecule has 7 heteroatoms. The van der Waals surface area contributed by atoms with E-state index in [9.17, 15) is 23.9 Å². The van der Waals surface area contributed by atoms with Crippen LogP contribution >= 0.6 is 0 Å². The molecule has 162 valence electrons. The second kappa shape index (κ2) is 9.22. The lowest BCUT2D eigenvalue weighted by molar-refractivity contribution is -0.120. The van der Waals surface area contributed by atoms with Crippen LogP contribution in [0.5, 0.6) is 0 Å². The van der Waals surface area contributed by atoms with Crippen LogP contribution in [0.15, 0.2) is 35.9 Å². The number of nitrogens with one attached hydrogen (secondary N) is 1. The van der Waals surface area contributed by atoms with E-state index in [0.717, 1.165) is 5.56 Å². The van der Waals surface area contributed by atoms with Gasteiger partial charge in [0.1, 0.15) is 5.82 Å². The highest BCUT2D eigenvalue weighted by Gasteiger charge is 2.26. The van der Waals surface area contributed by atoms with Crippen LogP contribution < -0.4 is 5.32 Å². The van der Waals surface area contributed by atoms with Gasteiger partial charge in [-0.1, -0.05) is 6.07 Å². The Bertz CT molecular complexity index is 1090. The summed E-state index contributed by atoms with van der Waals surface area (Å²) in [5.41, 5.74) is 3.36. The first-order valence-electron chi connectivity index (χ1n) is 9.97. The van der Waals surface area contributed by atoms with Crippen molar-refractivity contribution in [2.75, 3.05) is 33.0 Å². The third-order valence-corrected chi connectivity index (χ3v) is 5.39. The maximum Gasteiger partial charge on any atom is 0.335 e. The van der Waals surface area contributed by atoms with Gasteiger partial charge in [-0.15, -0.1) is 0 Å². The number of hydrogen-bond acceptors (Lipinski definition) is 5. The fourth-order valence-electron chi connectivity index (χ4n) is 3.71. The third-order valence-electron chi connectivity index (χ3n) is 5.39. The number of carboxylic acids is 1. The maximum absolute atomic E-state index is 13.9. The highest BCUT2D eigenvalue weighted by molar-refractivity contribution is 6.25. The summed E-state index contributed by atoms with van der Waals surface area (Å²) in [4.78, 5) is 39.0. The lowest BCUT2D eigenvalue weighted by Gasteiger charge is -2.19. The van der Waals surface area contributed by atoms with Crippen LogP contribution in [-0.4, -0.2) is 55.2 Å². The Kier molecular flexibility index (Phi) is 6.65. The number of fused-ring (bicyclic) bond motifs is 1. The van der Waals surface area contributed by atoms with E-state index < -0.39 is 11.8 Å². The van der Waals surface area contributed by atoms with Crippen LogP contribution in [0.2, 0.25) is 0 Å². The number of Topliss-reactive ketones (excluding diaryl/α,β-unsaturated/α-hetero) is 2. The highest BCUT2D eigenvalue weighted by Crippen LogP contribution is 2.30.